The lowest BCUT2D eigenvalue weighted by Crippen LogP contribution is -2.62. The average Bonchev–Trinajstić information content (AvgIpc) is 3.39. The molecule has 1 unspecified atom stereocenters. The van der Waals surface area contributed by atoms with E-state index in [1.54, 1.807) is 13.2 Å². The molecule has 192 valence electrons. The predicted molar refractivity (Wildman–Crippen MR) is 132 cm³/mol. The molecule has 4 bridgehead atoms. The summed E-state index contributed by atoms with van der Waals surface area (Å²) >= 11 is 0. The number of rotatable bonds is 11. The van der Waals surface area contributed by atoms with Gasteiger partial charge in [0.2, 0.25) is 5.91 Å². The van der Waals surface area contributed by atoms with E-state index in [1.165, 1.54) is 32.1 Å². The smallest absolute Gasteiger partial charge is 0.325 e. The first-order valence-electron chi connectivity index (χ1n) is 13.8. The van der Waals surface area contributed by atoms with E-state index < -0.39 is 11.6 Å². The summed E-state index contributed by atoms with van der Waals surface area (Å²) in [6.07, 6.45) is 14.6. The van der Waals surface area contributed by atoms with Crippen LogP contribution in [-0.2, 0) is 16.1 Å². The summed E-state index contributed by atoms with van der Waals surface area (Å²) in [7, 11) is 0. The minimum Gasteiger partial charge on any atom is -0.467 e. The molecule has 6 rings (SSSR count). The highest BCUT2D eigenvalue weighted by Gasteiger charge is 2.55. The fourth-order valence-corrected chi connectivity index (χ4v) is 7.84. The molecule has 4 saturated carbocycles. The van der Waals surface area contributed by atoms with Gasteiger partial charge >= 0.3 is 6.03 Å². The Bertz CT molecular complexity index is 907. The second-order valence-electron chi connectivity index (χ2n) is 12.0. The van der Waals surface area contributed by atoms with Crippen LogP contribution in [0.5, 0.6) is 0 Å². The maximum atomic E-state index is 13.9. The van der Waals surface area contributed by atoms with E-state index in [0.717, 1.165) is 49.2 Å². The monoisotopic (exact) mass is 483 g/mol. The van der Waals surface area contributed by atoms with Crippen LogP contribution in [0.1, 0.15) is 96.7 Å². The zero-order valence-electron chi connectivity index (χ0n) is 21.4. The lowest BCUT2D eigenvalue weighted by atomic mass is 9.52. The van der Waals surface area contributed by atoms with E-state index >= 15 is 0 Å². The van der Waals surface area contributed by atoms with Crippen LogP contribution in [0.3, 0.4) is 0 Å². The third-order valence-electron chi connectivity index (χ3n) is 9.19. The molecule has 0 aromatic carbocycles. The molecular formula is C28H41N3O4. The van der Waals surface area contributed by atoms with Crippen molar-refractivity contribution < 1.29 is 18.8 Å². The number of amides is 4. The number of urea groups is 1. The van der Waals surface area contributed by atoms with Gasteiger partial charge in [-0.25, -0.2) is 4.79 Å². The second kappa shape index (κ2) is 9.62. The third-order valence-corrected chi connectivity index (χ3v) is 9.19. The second-order valence-corrected chi connectivity index (χ2v) is 12.0. The quantitative estimate of drug-likeness (QED) is 0.344. The van der Waals surface area contributed by atoms with Gasteiger partial charge in [-0.05, 0) is 81.8 Å². The fourth-order valence-electron chi connectivity index (χ4n) is 7.84. The molecule has 4 aliphatic carbocycles. The number of hydrogen-bond acceptors (Lipinski definition) is 4. The number of carbonyl (C=O) groups excluding carboxylic acids is 3. The molecule has 1 aromatic rings. The van der Waals surface area contributed by atoms with Crippen molar-refractivity contribution in [3.05, 3.63) is 24.2 Å². The number of imide groups is 1. The highest BCUT2D eigenvalue weighted by molar-refractivity contribution is 6.08. The van der Waals surface area contributed by atoms with Crippen molar-refractivity contribution >= 4 is 17.8 Å². The third kappa shape index (κ3) is 4.75. The Kier molecular flexibility index (Phi) is 6.71. The predicted octanol–water partition coefficient (Wildman–Crippen LogP) is 5.25. The molecule has 5 aliphatic rings. The normalized spacial score (nSPS) is 33.4. The maximum Gasteiger partial charge on any atom is 0.325 e. The van der Waals surface area contributed by atoms with Crippen molar-refractivity contribution in [1.29, 1.82) is 0 Å². The Morgan fingerprint density at radius 2 is 1.74 bits per heavy atom. The van der Waals surface area contributed by atoms with Crippen molar-refractivity contribution in [2.45, 2.75) is 109 Å². The van der Waals surface area contributed by atoms with Gasteiger partial charge in [-0.3, -0.25) is 14.5 Å². The van der Waals surface area contributed by atoms with E-state index in [2.05, 4.69) is 12.2 Å². The van der Waals surface area contributed by atoms with Crippen molar-refractivity contribution in [2.75, 3.05) is 6.54 Å². The van der Waals surface area contributed by atoms with Crippen LogP contribution in [0.15, 0.2) is 22.8 Å². The lowest BCUT2D eigenvalue weighted by Gasteiger charge is -2.60. The molecule has 1 N–H and O–H groups in total. The van der Waals surface area contributed by atoms with Gasteiger partial charge in [-0.1, -0.05) is 39.0 Å². The number of nitrogens with zero attached hydrogens (tertiary/aromatic N) is 2. The Hall–Kier alpha value is -2.31. The van der Waals surface area contributed by atoms with Crippen LogP contribution in [0.2, 0.25) is 0 Å². The Balaban J connectivity index is 1.30. The standard InChI is InChI=1S/C28H41N3O4/c1-3-4-5-6-7-10-27(2)25(33)30(26(34)29-27)19-24(32)31(18-23-9-8-11-35-23)28-15-20-12-21(16-28)14-22(13-20)17-28/h8-9,11,20-22H,3-7,10,12-19H2,1-2H3,(H,29,34). The summed E-state index contributed by atoms with van der Waals surface area (Å²) in [6.45, 7) is 4.18. The number of unbranched alkanes of at least 4 members (excludes halogenated alkanes) is 4. The van der Waals surface area contributed by atoms with Crippen LogP contribution >= 0.6 is 0 Å². The van der Waals surface area contributed by atoms with Gasteiger partial charge in [-0.2, -0.15) is 0 Å². The lowest BCUT2D eigenvalue weighted by molar-refractivity contribution is -0.155. The number of furan rings is 1. The summed E-state index contributed by atoms with van der Waals surface area (Å²) in [5.41, 5.74) is -1.10. The van der Waals surface area contributed by atoms with Gasteiger partial charge in [0.15, 0.2) is 0 Å². The molecule has 1 saturated heterocycles. The summed E-state index contributed by atoms with van der Waals surface area (Å²) in [5, 5.41) is 2.89. The van der Waals surface area contributed by atoms with Crippen LogP contribution in [0, 0.1) is 17.8 Å². The molecule has 2 heterocycles. The molecule has 0 radical (unpaired) electrons. The summed E-state index contributed by atoms with van der Waals surface area (Å²) in [6, 6.07) is 3.31. The minimum absolute atomic E-state index is 0.140. The number of hydrogen-bond donors (Lipinski definition) is 1. The Morgan fingerprint density at radius 3 is 2.34 bits per heavy atom. The first-order valence-corrected chi connectivity index (χ1v) is 13.8. The summed E-state index contributed by atoms with van der Waals surface area (Å²) < 4.78 is 5.64. The van der Waals surface area contributed by atoms with E-state index in [4.69, 9.17) is 4.42 Å². The van der Waals surface area contributed by atoms with Crippen molar-refractivity contribution in [3.63, 3.8) is 0 Å². The molecule has 7 nitrogen and oxygen atoms in total. The van der Waals surface area contributed by atoms with E-state index in [1.807, 2.05) is 17.0 Å². The van der Waals surface area contributed by atoms with Crippen molar-refractivity contribution in [2.24, 2.45) is 17.8 Å². The largest absolute Gasteiger partial charge is 0.467 e. The first-order chi connectivity index (χ1) is 16.8. The zero-order valence-corrected chi connectivity index (χ0v) is 21.4. The van der Waals surface area contributed by atoms with Gasteiger partial charge in [0.05, 0.1) is 12.8 Å². The maximum absolute atomic E-state index is 13.9. The SMILES string of the molecule is CCCCCCCC1(C)NC(=O)N(CC(=O)N(Cc2ccco2)C23CC4CC(CC(C4)C2)C3)C1=O. The number of nitrogens with one attached hydrogen (secondary N) is 1. The Labute approximate surface area is 209 Å². The van der Waals surface area contributed by atoms with E-state index in [9.17, 15) is 14.4 Å². The Morgan fingerprint density at radius 1 is 1.09 bits per heavy atom. The molecule has 5 fully saturated rings. The van der Waals surface area contributed by atoms with Crippen LogP contribution in [0.25, 0.3) is 0 Å². The topological polar surface area (TPSA) is 82.9 Å². The van der Waals surface area contributed by atoms with Crippen molar-refractivity contribution in [1.82, 2.24) is 15.1 Å². The molecule has 7 heteroatoms. The number of carbonyl (C=O) groups is 3. The van der Waals surface area contributed by atoms with Gasteiger partial charge in [-0.15, -0.1) is 0 Å². The van der Waals surface area contributed by atoms with Gasteiger partial charge < -0.3 is 14.6 Å². The summed E-state index contributed by atoms with van der Waals surface area (Å²) in [5.74, 6) is 2.39. The first kappa shape index (κ1) is 24.4. The van der Waals surface area contributed by atoms with E-state index in [-0.39, 0.29) is 23.9 Å². The molecule has 1 atom stereocenters. The molecular weight excluding hydrogens is 442 g/mol. The molecule has 35 heavy (non-hydrogen) atoms. The highest BCUT2D eigenvalue weighted by atomic mass is 16.3. The molecule has 1 aliphatic heterocycles. The minimum atomic E-state index is -0.921. The van der Waals surface area contributed by atoms with Gasteiger partial charge in [0.25, 0.3) is 5.91 Å². The van der Waals surface area contributed by atoms with Gasteiger partial charge in [0.1, 0.15) is 17.8 Å². The van der Waals surface area contributed by atoms with Crippen LogP contribution in [-0.4, -0.2) is 45.3 Å². The molecule has 1 aromatic heterocycles. The average molecular weight is 484 g/mol. The summed E-state index contributed by atoms with van der Waals surface area (Å²) in [4.78, 5) is 43.2. The molecule has 4 amide bonds. The fraction of sp³-hybridized carbons (Fsp3) is 0.750. The van der Waals surface area contributed by atoms with Crippen LogP contribution in [0.4, 0.5) is 4.79 Å². The van der Waals surface area contributed by atoms with Crippen LogP contribution < -0.4 is 5.32 Å². The molecule has 0 spiro atoms. The van der Waals surface area contributed by atoms with E-state index in [0.29, 0.717) is 30.7 Å². The van der Waals surface area contributed by atoms with Gasteiger partial charge in [0, 0.05) is 5.54 Å². The van der Waals surface area contributed by atoms with Crippen molar-refractivity contribution in [3.8, 4) is 0 Å². The highest BCUT2D eigenvalue weighted by Crippen LogP contribution is 2.58. The zero-order chi connectivity index (χ0) is 24.6.